The number of hydrogen-bond donors (Lipinski definition) is 1. The van der Waals surface area contributed by atoms with Crippen LogP contribution in [0.2, 0.25) is 0 Å². The van der Waals surface area contributed by atoms with Gasteiger partial charge in [0.1, 0.15) is 24.4 Å². The van der Waals surface area contributed by atoms with Gasteiger partial charge in [0, 0.05) is 5.56 Å². The third kappa shape index (κ3) is 14.0. The van der Waals surface area contributed by atoms with Crippen LogP contribution in [0.5, 0.6) is 5.75 Å². The lowest BCUT2D eigenvalue weighted by Gasteiger charge is -2.46. The average Bonchev–Trinajstić information content (AvgIpc) is 3.18. The predicted octanol–water partition coefficient (Wildman–Crippen LogP) is 12.5. The van der Waals surface area contributed by atoms with Crippen LogP contribution in [0.4, 0.5) is 105 Å². The van der Waals surface area contributed by atoms with E-state index in [0.717, 1.165) is 0 Å². The minimum Gasteiger partial charge on any atom is -0.508 e. The van der Waals surface area contributed by atoms with Gasteiger partial charge in [0.25, 0.3) is 0 Å². The van der Waals surface area contributed by atoms with Gasteiger partial charge in [0.2, 0.25) is 5.78 Å². The molecule has 0 radical (unpaired) electrons. The Morgan fingerprint density at radius 3 is 0.718 bits per heavy atom. The summed E-state index contributed by atoms with van der Waals surface area (Å²) in [6.45, 7) is 0. The summed E-state index contributed by atoms with van der Waals surface area (Å²) >= 11 is 0. The topological polar surface area (TPSA) is 54.4 Å². The van der Waals surface area contributed by atoms with Crippen molar-refractivity contribution < 1.29 is 119 Å². The SMILES string of the molecule is C[S+](C)(=O)CC(=O)c1ccc(O)cc1.FC(F)(F)c1cc([B-](c2cc(C(F)(F)F)cc(C(F)(F)F)c2)(c2cc(C(F)(F)F)cc(C(F)(F)F)c2)c2cc(C(F)(F)F)cc(C(F)(F)F)c2)cc(C(F)(F)F)c1. The van der Waals surface area contributed by atoms with Crippen LogP contribution in [-0.2, 0) is 63.6 Å². The Morgan fingerprint density at radius 1 is 0.380 bits per heavy atom. The van der Waals surface area contributed by atoms with E-state index in [0.29, 0.717) is 5.56 Å². The molecule has 0 aliphatic carbocycles. The van der Waals surface area contributed by atoms with Crippen molar-refractivity contribution in [1.82, 2.24) is 0 Å². The third-order valence-corrected chi connectivity index (χ3v) is 11.1. The van der Waals surface area contributed by atoms with E-state index in [9.17, 15) is 114 Å². The summed E-state index contributed by atoms with van der Waals surface area (Å²) in [6, 6.07) is -2.86. The van der Waals surface area contributed by atoms with Crippen LogP contribution in [0, 0.1) is 0 Å². The normalized spacial score (nSPS) is 13.7. The Bertz CT molecular complexity index is 2370. The molecular weight excluding hydrogens is 1050 g/mol. The Morgan fingerprint density at radius 2 is 0.563 bits per heavy atom. The molecule has 0 aliphatic heterocycles. The lowest BCUT2D eigenvalue weighted by molar-refractivity contribution is -0.144. The highest BCUT2D eigenvalue weighted by Crippen LogP contribution is 2.41. The van der Waals surface area contributed by atoms with Gasteiger partial charge in [-0.3, -0.25) is 4.79 Å². The highest BCUT2D eigenvalue weighted by molar-refractivity contribution is 8.02. The molecule has 0 heterocycles. The summed E-state index contributed by atoms with van der Waals surface area (Å²) in [4.78, 5) is 11.5. The van der Waals surface area contributed by atoms with Gasteiger partial charge in [-0.25, -0.2) is 0 Å². The summed E-state index contributed by atoms with van der Waals surface area (Å²) in [5.74, 6) is 0.0212. The second-order valence-corrected chi connectivity index (χ2v) is 18.9. The van der Waals surface area contributed by atoms with Crippen molar-refractivity contribution in [3.8, 4) is 5.75 Å². The first-order valence-electron chi connectivity index (χ1n) is 18.7. The number of benzene rings is 5. The smallest absolute Gasteiger partial charge is 0.416 e. The Labute approximate surface area is 383 Å². The molecule has 71 heavy (non-hydrogen) atoms. The largest absolute Gasteiger partial charge is 0.508 e. The van der Waals surface area contributed by atoms with Gasteiger partial charge < -0.3 is 5.11 Å². The standard InChI is InChI=1S/C32H12BF24.C10H12O3S/c34-25(35,36)13-1-14(26(37,38)39)6-21(5-13)33(22-7-15(27(40,41)42)2-16(8-22)28(43,44)45,23-9-17(29(46,47)48)3-18(10-23)30(49,50)51)24-11-19(31(52,53)54)4-20(12-24)32(55,56)57;1-14(2,13)7-10(12)8-3-5-9(11)6-4-8/h1-12H;3-6H,7H2,1-2H3/q-1;/p+1. The number of ketones is 1. The first-order chi connectivity index (χ1) is 31.6. The summed E-state index contributed by atoms with van der Waals surface area (Å²) in [5, 5.41) is 9.00. The number of halogens is 24. The van der Waals surface area contributed by atoms with Gasteiger partial charge in [-0.05, 0) is 48.5 Å². The minimum absolute atomic E-state index is 0.0533. The van der Waals surface area contributed by atoms with Crippen molar-refractivity contribution >= 4 is 43.7 Å². The van der Waals surface area contributed by atoms with Crippen LogP contribution >= 0.6 is 0 Å². The number of carbonyl (C=O) groups excluding carboxylic acids is 1. The van der Waals surface area contributed by atoms with Gasteiger partial charge in [-0.2, -0.15) is 127 Å². The highest BCUT2D eigenvalue weighted by Gasteiger charge is 2.47. The van der Waals surface area contributed by atoms with Crippen LogP contribution in [0.25, 0.3) is 0 Å². The lowest BCUT2D eigenvalue weighted by Crippen LogP contribution is -2.75. The van der Waals surface area contributed by atoms with Crippen LogP contribution < -0.4 is 21.9 Å². The maximum atomic E-state index is 14.2. The van der Waals surface area contributed by atoms with Crippen molar-refractivity contribution in [2.75, 3.05) is 18.3 Å². The zero-order valence-electron chi connectivity index (χ0n) is 34.8. The first-order valence-corrected chi connectivity index (χ1v) is 21.3. The number of alkyl halides is 24. The van der Waals surface area contributed by atoms with Crippen LogP contribution in [0.15, 0.2) is 97.1 Å². The number of rotatable bonds is 7. The summed E-state index contributed by atoms with van der Waals surface area (Å²) in [6.07, 6.45) is -51.7. The molecule has 5 rings (SSSR count). The van der Waals surface area contributed by atoms with E-state index in [1.165, 1.54) is 24.3 Å². The molecule has 0 spiro atoms. The number of carbonyl (C=O) groups is 1. The van der Waals surface area contributed by atoms with Crippen molar-refractivity contribution in [3.05, 3.63) is 147 Å². The molecule has 0 atom stereocenters. The molecule has 0 fully saturated rings. The molecule has 5 aromatic rings. The number of phenols is 1. The highest BCUT2D eigenvalue weighted by atomic mass is 32.2. The summed E-state index contributed by atoms with van der Waals surface area (Å²) < 4.78 is 352. The first kappa shape index (κ1) is 57.7. The van der Waals surface area contributed by atoms with Gasteiger partial charge in [0.05, 0.1) is 54.4 Å². The molecule has 3 nitrogen and oxygen atoms in total. The van der Waals surface area contributed by atoms with Crippen molar-refractivity contribution in [2.45, 2.75) is 49.4 Å². The average molecular weight is 1080 g/mol. The van der Waals surface area contributed by atoms with Crippen LogP contribution in [0.1, 0.15) is 54.9 Å². The predicted molar refractivity (Wildman–Crippen MR) is 207 cm³/mol. The van der Waals surface area contributed by atoms with E-state index in [1.807, 2.05) is 0 Å². The second kappa shape index (κ2) is 18.9. The number of hydrogen-bond acceptors (Lipinski definition) is 3. The molecule has 0 aliphatic rings. The minimum atomic E-state index is -6.13. The molecule has 0 unspecified atom stereocenters. The molecular formula is C42H25BF24O3S. The maximum absolute atomic E-state index is 14.2. The molecule has 0 saturated heterocycles. The molecule has 1 N–H and O–H groups in total. The van der Waals surface area contributed by atoms with Crippen molar-refractivity contribution in [3.63, 3.8) is 0 Å². The molecule has 388 valence electrons. The fourth-order valence-corrected chi connectivity index (χ4v) is 7.92. The molecule has 5 aromatic carbocycles. The van der Waals surface area contributed by atoms with E-state index < -0.39 is 205 Å². The number of aromatic hydroxyl groups is 1. The van der Waals surface area contributed by atoms with Crippen LogP contribution in [-0.4, -0.2) is 35.3 Å². The van der Waals surface area contributed by atoms with E-state index in [1.54, 1.807) is 12.5 Å². The molecule has 29 heteroatoms. The lowest BCUT2D eigenvalue weighted by atomic mass is 9.12. The summed E-state index contributed by atoms with van der Waals surface area (Å²) in [7, 11) is -2.04. The van der Waals surface area contributed by atoms with E-state index >= 15 is 0 Å². The zero-order chi connectivity index (χ0) is 54.7. The van der Waals surface area contributed by atoms with Crippen molar-refractivity contribution in [2.24, 2.45) is 0 Å². The fraction of sp³-hybridized carbons (Fsp3) is 0.262. The Kier molecular flexibility index (Phi) is 15.4. The fourth-order valence-electron chi connectivity index (χ4n) is 7.12. The molecule has 0 amide bonds. The Balaban J connectivity index is 0.000000671. The van der Waals surface area contributed by atoms with Gasteiger partial charge in [-0.15, -0.1) is 4.21 Å². The second-order valence-electron chi connectivity index (χ2n) is 15.8. The van der Waals surface area contributed by atoms with Crippen molar-refractivity contribution in [1.29, 1.82) is 0 Å². The van der Waals surface area contributed by atoms with E-state index in [2.05, 4.69) is 0 Å². The molecule has 0 aromatic heterocycles. The molecule has 0 saturated carbocycles. The van der Waals surface area contributed by atoms with Gasteiger partial charge >= 0.3 is 49.4 Å². The number of Topliss-reactive ketones (excluding diaryl/α,β-unsaturated/α-hetero) is 1. The van der Waals surface area contributed by atoms with E-state index in [4.69, 9.17) is 5.11 Å². The van der Waals surface area contributed by atoms with Gasteiger partial charge in [0.15, 0.2) is 5.75 Å². The quantitative estimate of drug-likeness (QED) is 0.0765. The van der Waals surface area contributed by atoms with Crippen LogP contribution in [0.3, 0.4) is 0 Å². The summed E-state index contributed by atoms with van der Waals surface area (Å²) in [5.41, 5.74) is -29.7. The van der Waals surface area contributed by atoms with E-state index in [-0.39, 0.29) is 17.3 Å². The third-order valence-electron chi connectivity index (χ3n) is 10.1. The number of phenolic OH excluding ortho intramolecular Hbond substituents is 1. The zero-order valence-corrected chi connectivity index (χ0v) is 35.6. The maximum Gasteiger partial charge on any atom is 0.416 e. The molecule has 0 bridgehead atoms. The monoisotopic (exact) mass is 1080 g/mol. The Hall–Kier alpha value is -5.90. The van der Waals surface area contributed by atoms with Gasteiger partial charge in [-0.1, -0.05) is 48.5 Å².